The quantitative estimate of drug-likeness (QED) is 0.767. The molecule has 5 nitrogen and oxygen atoms in total. The molecule has 2 aromatic carbocycles. The van der Waals surface area contributed by atoms with Gasteiger partial charge in [-0.3, -0.25) is 9.59 Å². The first-order valence-electron chi connectivity index (χ1n) is 7.35. The van der Waals surface area contributed by atoms with E-state index >= 15 is 0 Å². The van der Waals surface area contributed by atoms with Crippen molar-refractivity contribution >= 4 is 11.8 Å². The van der Waals surface area contributed by atoms with Crippen LogP contribution in [0.4, 0.5) is 17.6 Å². The van der Waals surface area contributed by atoms with Crippen LogP contribution in [-0.4, -0.2) is 25.5 Å². The van der Waals surface area contributed by atoms with E-state index in [9.17, 15) is 27.2 Å². The van der Waals surface area contributed by atoms with Crippen LogP contribution in [0.15, 0.2) is 36.4 Å². The third-order valence-corrected chi connectivity index (χ3v) is 3.34. The molecular weight excluding hydrogens is 356 g/mol. The Bertz CT molecular complexity index is 830. The molecule has 0 saturated heterocycles. The number of hydrogen-bond acceptors (Lipinski definition) is 3. The molecule has 138 valence electrons. The van der Waals surface area contributed by atoms with Crippen molar-refractivity contribution in [3.05, 3.63) is 65.2 Å². The van der Waals surface area contributed by atoms with Crippen LogP contribution in [0.5, 0.6) is 5.75 Å². The molecule has 2 aromatic rings. The summed E-state index contributed by atoms with van der Waals surface area (Å²) in [4.78, 5) is 23.9. The predicted molar refractivity (Wildman–Crippen MR) is 83.2 cm³/mol. The van der Waals surface area contributed by atoms with Gasteiger partial charge in [0.1, 0.15) is 11.9 Å². The Morgan fingerprint density at radius 2 is 1.73 bits per heavy atom. The van der Waals surface area contributed by atoms with E-state index in [0.29, 0.717) is 6.07 Å². The molecule has 0 aliphatic carbocycles. The van der Waals surface area contributed by atoms with Gasteiger partial charge in [0.25, 0.3) is 5.91 Å². The normalized spacial score (nSPS) is 11.6. The molecular formula is C17H14F4N2O3. The molecule has 2 rings (SSSR count). The first kappa shape index (κ1) is 19.2. The Morgan fingerprint density at radius 3 is 2.35 bits per heavy atom. The number of nitrogens with one attached hydrogen (secondary N) is 2. The molecule has 26 heavy (non-hydrogen) atoms. The highest BCUT2D eigenvalue weighted by Crippen LogP contribution is 2.19. The summed E-state index contributed by atoms with van der Waals surface area (Å²) in [5, 5.41) is 4.55. The Labute approximate surface area is 146 Å². The molecule has 1 unspecified atom stereocenters. The molecule has 0 aliphatic rings. The maximum atomic E-state index is 13.5. The summed E-state index contributed by atoms with van der Waals surface area (Å²) >= 11 is 0. The van der Waals surface area contributed by atoms with Gasteiger partial charge in [-0.1, -0.05) is 6.07 Å². The van der Waals surface area contributed by atoms with E-state index < -0.39 is 47.7 Å². The molecule has 0 radical (unpaired) electrons. The summed E-state index contributed by atoms with van der Waals surface area (Å²) in [6.45, 7) is -0.681. The van der Waals surface area contributed by atoms with Crippen LogP contribution in [0, 0.1) is 23.3 Å². The third-order valence-electron chi connectivity index (χ3n) is 3.34. The number of halogens is 4. The van der Waals surface area contributed by atoms with Crippen molar-refractivity contribution in [3.8, 4) is 5.75 Å². The number of carbonyl (C=O) groups is 2. The third kappa shape index (κ3) is 4.71. The summed E-state index contributed by atoms with van der Waals surface area (Å²) in [6.07, 6.45) is 0. The zero-order valence-corrected chi connectivity index (χ0v) is 13.5. The van der Waals surface area contributed by atoms with Crippen molar-refractivity contribution in [2.24, 2.45) is 0 Å². The molecule has 0 bridgehead atoms. The van der Waals surface area contributed by atoms with Gasteiger partial charge in [-0.15, -0.1) is 0 Å². The van der Waals surface area contributed by atoms with E-state index in [1.165, 1.54) is 7.05 Å². The molecule has 1 atom stereocenters. The van der Waals surface area contributed by atoms with E-state index in [1.807, 2.05) is 0 Å². The lowest BCUT2D eigenvalue weighted by Gasteiger charge is -2.18. The van der Waals surface area contributed by atoms with Crippen LogP contribution in [0.25, 0.3) is 0 Å². The minimum absolute atomic E-state index is 0.00422. The number of carbonyl (C=O) groups excluding carboxylic acids is 2. The fourth-order valence-corrected chi connectivity index (χ4v) is 2.07. The second kappa shape index (κ2) is 8.32. The summed E-state index contributed by atoms with van der Waals surface area (Å²) in [5.74, 6) is -5.96. The van der Waals surface area contributed by atoms with Crippen LogP contribution >= 0.6 is 0 Å². The van der Waals surface area contributed by atoms with Crippen molar-refractivity contribution in [1.82, 2.24) is 10.6 Å². The number of benzene rings is 2. The second-order valence-electron chi connectivity index (χ2n) is 5.15. The lowest BCUT2D eigenvalue weighted by Crippen LogP contribution is -2.41. The van der Waals surface area contributed by atoms with Gasteiger partial charge in [0, 0.05) is 13.1 Å². The molecule has 2 N–H and O–H groups in total. The average molecular weight is 370 g/mol. The van der Waals surface area contributed by atoms with Crippen LogP contribution in [0.2, 0.25) is 0 Å². The Balaban J connectivity index is 2.08. The fourth-order valence-electron chi connectivity index (χ4n) is 2.07. The molecule has 0 fully saturated rings. The van der Waals surface area contributed by atoms with Crippen LogP contribution in [0.1, 0.15) is 11.6 Å². The van der Waals surface area contributed by atoms with Crippen molar-refractivity contribution in [1.29, 1.82) is 0 Å². The number of rotatable bonds is 6. The average Bonchev–Trinajstić information content (AvgIpc) is 2.60. The molecule has 0 saturated carbocycles. The maximum absolute atomic E-state index is 13.5. The standard InChI is InChI=1S/C17H14F4N2O3/c1-22-17(25)16(9-2-4-11(19)12(20)6-9)23-15(24)8-26-14-5-3-10(18)7-13(14)21/h2-7,16H,8H2,1H3,(H,22,25)(H,23,24). The SMILES string of the molecule is CNC(=O)C(NC(=O)COc1ccc(F)cc1F)c1ccc(F)c(F)c1. The first-order valence-corrected chi connectivity index (χ1v) is 7.35. The molecule has 0 aromatic heterocycles. The zero-order valence-electron chi connectivity index (χ0n) is 13.5. The van der Waals surface area contributed by atoms with Crippen molar-refractivity contribution in [2.75, 3.05) is 13.7 Å². The van der Waals surface area contributed by atoms with Gasteiger partial charge in [-0.2, -0.15) is 0 Å². The largest absolute Gasteiger partial charge is 0.481 e. The maximum Gasteiger partial charge on any atom is 0.258 e. The summed E-state index contributed by atoms with van der Waals surface area (Å²) in [7, 11) is 1.30. The molecule has 2 amide bonds. The van der Waals surface area contributed by atoms with Gasteiger partial charge < -0.3 is 15.4 Å². The van der Waals surface area contributed by atoms with Crippen molar-refractivity contribution in [3.63, 3.8) is 0 Å². The Morgan fingerprint density at radius 1 is 1.00 bits per heavy atom. The van der Waals surface area contributed by atoms with E-state index in [-0.39, 0.29) is 11.3 Å². The minimum atomic E-state index is -1.32. The monoisotopic (exact) mass is 370 g/mol. The van der Waals surface area contributed by atoms with Gasteiger partial charge in [0.05, 0.1) is 0 Å². The van der Waals surface area contributed by atoms with Crippen molar-refractivity contribution < 1.29 is 31.9 Å². The highest BCUT2D eigenvalue weighted by atomic mass is 19.2. The van der Waals surface area contributed by atoms with Crippen molar-refractivity contribution in [2.45, 2.75) is 6.04 Å². The van der Waals surface area contributed by atoms with Gasteiger partial charge in [-0.05, 0) is 29.8 Å². The second-order valence-corrected chi connectivity index (χ2v) is 5.15. The van der Waals surface area contributed by atoms with Gasteiger partial charge in [0.15, 0.2) is 29.8 Å². The number of hydrogen-bond donors (Lipinski definition) is 2. The fraction of sp³-hybridized carbons (Fsp3) is 0.176. The summed E-state index contributed by atoms with van der Waals surface area (Å²) in [5.41, 5.74) is 0.00422. The van der Waals surface area contributed by atoms with Gasteiger partial charge >= 0.3 is 0 Å². The van der Waals surface area contributed by atoms with E-state index in [1.54, 1.807) is 0 Å². The lowest BCUT2D eigenvalue weighted by molar-refractivity contribution is -0.130. The number of likely N-dealkylation sites (N-methyl/N-ethyl adjacent to an activating group) is 1. The number of ether oxygens (including phenoxy) is 1. The minimum Gasteiger partial charge on any atom is -0.481 e. The highest BCUT2D eigenvalue weighted by Gasteiger charge is 2.23. The molecule has 0 spiro atoms. The van der Waals surface area contributed by atoms with Crippen LogP contribution < -0.4 is 15.4 Å². The highest BCUT2D eigenvalue weighted by molar-refractivity contribution is 5.89. The summed E-state index contributed by atoms with van der Waals surface area (Å²) < 4.78 is 57.6. The smallest absolute Gasteiger partial charge is 0.258 e. The summed E-state index contributed by atoms with van der Waals surface area (Å²) in [6, 6.07) is 3.95. The van der Waals surface area contributed by atoms with E-state index in [4.69, 9.17) is 4.74 Å². The Kier molecular flexibility index (Phi) is 6.16. The van der Waals surface area contributed by atoms with Crippen LogP contribution in [0.3, 0.4) is 0 Å². The Hall–Kier alpha value is -3.10. The predicted octanol–water partition coefficient (Wildman–Crippen LogP) is 2.23. The molecule has 0 heterocycles. The number of amides is 2. The zero-order chi connectivity index (χ0) is 19.3. The molecule has 9 heteroatoms. The van der Waals surface area contributed by atoms with E-state index in [0.717, 1.165) is 30.3 Å². The van der Waals surface area contributed by atoms with Gasteiger partial charge in [-0.25, -0.2) is 17.6 Å². The lowest BCUT2D eigenvalue weighted by atomic mass is 10.1. The topological polar surface area (TPSA) is 67.4 Å². The van der Waals surface area contributed by atoms with Gasteiger partial charge in [0.2, 0.25) is 5.91 Å². The molecule has 0 aliphatic heterocycles. The van der Waals surface area contributed by atoms with Crippen LogP contribution in [-0.2, 0) is 9.59 Å². The van der Waals surface area contributed by atoms with E-state index in [2.05, 4.69) is 10.6 Å². The first-order chi connectivity index (χ1) is 12.3.